The van der Waals surface area contributed by atoms with Gasteiger partial charge in [0.15, 0.2) is 6.79 Å². The molecule has 15 heavy (non-hydrogen) atoms. The molecule has 0 radical (unpaired) electrons. The summed E-state index contributed by atoms with van der Waals surface area (Å²) < 4.78 is 10.2. The van der Waals surface area contributed by atoms with Crippen LogP contribution in [-0.4, -0.2) is 13.9 Å². The first-order valence-corrected chi connectivity index (χ1v) is 4.98. The van der Waals surface area contributed by atoms with Gasteiger partial charge in [-0.1, -0.05) is 23.7 Å². The molecule has 2 aromatic rings. The van der Waals surface area contributed by atoms with Gasteiger partial charge in [-0.05, 0) is 35.0 Å². The monoisotopic (exact) mass is 222 g/mol. The molecule has 0 unspecified atom stereocenters. The first kappa shape index (κ1) is 10.3. The van der Waals surface area contributed by atoms with Crippen molar-refractivity contribution in [1.82, 2.24) is 0 Å². The summed E-state index contributed by atoms with van der Waals surface area (Å²) in [5.41, 5.74) is 0. The summed E-state index contributed by atoms with van der Waals surface area (Å²) in [5, 5.41) is 2.95. The molecule has 0 amide bonds. The number of hydrogen-bond acceptors (Lipinski definition) is 2. The van der Waals surface area contributed by atoms with Crippen LogP contribution in [0.4, 0.5) is 0 Å². The van der Waals surface area contributed by atoms with E-state index in [9.17, 15) is 0 Å². The van der Waals surface area contributed by atoms with Crippen LogP contribution in [-0.2, 0) is 4.74 Å². The van der Waals surface area contributed by atoms with Gasteiger partial charge in [0.25, 0.3) is 0 Å². The van der Waals surface area contributed by atoms with Crippen LogP contribution in [0.15, 0.2) is 36.4 Å². The molecule has 0 bridgehead atoms. The molecule has 2 rings (SSSR count). The highest BCUT2D eigenvalue weighted by atomic mass is 35.5. The molecule has 0 aliphatic heterocycles. The van der Waals surface area contributed by atoms with Crippen molar-refractivity contribution in [3.63, 3.8) is 0 Å². The van der Waals surface area contributed by atoms with E-state index in [1.54, 1.807) is 7.11 Å². The molecule has 0 N–H and O–H groups in total. The van der Waals surface area contributed by atoms with Crippen LogP contribution >= 0.6 is 11.6 Å². The third-order valence-electron chi connectivity index (χ3n) is 2.12. The molecular weight excluding hydrogens is 212 g/mol. The fourth-order valence-electron chi connectivity index (χ4n) is 1.41. The Morgan fingerprint density at radius 3 is 2.60 bits per heavy atom. The van der Waals surface area contributed by atoms with E-state index >= 15 is 0 Å². The largest absolute Gasteiger partial charge is 0.468 e. The molecule has 0 saturated heterocycles. The van der Waals surface area contributed by atoms with E-state index in [-0.39, 0.29) is 6.79 Å². The Hall–Kier alpha value is -1.25. The molecule has 0 heterocycles. The van der Waals surface area contributed by atoms with Crippen molar-refractivity contribution >= 4 is 22.4 Å². The average molecular weight is 223 g/mol. The standard InChI is InChI=1S/C12H11ClO2/c1-14-8-15-12-5-3-9-6-11(13)4-2-10(9)7-12/h2-7H,8H2,1H3. The Labute approximate surface area is 93.4 Å². The maximum atomic E-state index is 5.89. The number of ether oxygens (including phenoxy) is 2. The van der Waals surface area contributed by atoms with Gasteiger partial charge < -0.3 is 9.47 Å². The van der Waals surface area contributed by atoms with Crippen LogP contribution < -0.4 is 4.74 Å². The first-order chi connectivity index (χ1) is 7.29. The first-order valence-electron chi connectivity index (χ1n) is 4.60. The van der Waals surface area contributed by atoms with Crippen LogP contribution in [0.2, 0.25) is 5.02 Å². The summed E-state index contributed by atoms with van der Waals surface area (Å²) in [5.74, 6) is 0.798. The SMILES string of the molecule is COCOc1ccc2cc(Cl)ccc2c1. The molecule has 78 valence electrons. The molecule has 0 aliphatic rings. The zero-order chi connectivity index (χ0) is 10.7. The predicted molar refractivity (Wildman–Crippen MR) is 61.5 cm³/mol. The van der Waals surface area contributed by atoms with Gasteiger partial charge >= 0.3 is 0 Å². The van der Waals surface area contributed by atoms with E-state index in [4.69, 9.17) is 21.1 Å². The summed E-state index contributed by atoms with van der Waals surface area (Å²) in [6, 6.07) is 11.6. The van der Waals surface area contributed by atoms with Gasteiger partial charge in [0.1, 0.15) is 5.75 Å². The fourth-order valence-corrected chi connectivity index (χ4v) is 1.59. The second-order valence-electron chi connectivity index (χ2n) is 3.20. The third-order valence-corrected chi connectivity index (χ3v) is 2.35. The van der Waals surface area contributed by atoms with Gasteiger partial charge in [-0.25, -0.2) is 0 Å². The lowest BCUT2D eigenvalue weighted by Gasteiger charge is -2.05. The van der Waals surface area contributed by atoms with E-state index in [1.165, 1.54) is 0 Å². The van der Waals surface area contributed by atoms with Gasteiger partial charge in [0, 0.05) is 12.1 Å². The maximum Gasteiger partial charge on any atom is 0.188 e. The Bertz CT molecular complexity index is 468. The minimum atomic E-state index is 0.263. The second-order valence-corrected chi connectivity index (χ2v) is 3.64. The molecular formula is C12H11ClO2. The lowest BCUT2D eigenvalue weighted by molar-refractivity contribution is 0.0512. The summed E-state index contributed by atoms with van der Waals surface area (Å²) in [4.78, 5) is 0. The molecule has 0 atom stereocenters. The summed E-state index contributed by atoms with van der Waals surface area (Å²) in [7, 11) is 1.60. The molecule has 0 aromatic heterocycles. The van der Waals surface area contributed by atoms with Crippen molar-refractivity contribution in [2.75, 3.05) is 13.9 Å². The lowest BCUT2D eigenvalue weighted by atomic mass is 10.1. The second kappa shape index (κ2) is 4.51. The summed E-state index contributed by atoms with van der Waals surface area (Å²) in [6.45, 7) is 0.263. The predicted octanol–water partition coefficient (Wildman–Crippen LogP) is 3.48. The van der Waals surface area contributed by atoms with Gasteiger partial charge in [-0.3, -0.25) is 0 Å². The van der Waals surface area contributed by atoms with Crippen molar-refractivity contribution < 1.29 is 9.47 Å². The van der Waals surface area contributed by atoms with Crippen molar-refractivity contribution in [2.24, 2.45) is 0 Å². The molecule has 0 spiro atoms. The van der Waals surface area contributed by atoms with Crippen molar-refractivity contribution in [2.45, 2.75) is 0 Å². The number of halogens is 1. The summed E-state index contributed by atoms with van der Waals surface area (Å²) in [6.07, 6.45) is 0. The van der Waals surface area contributed by atoms with E-state index in [0.717, 1.165) is 21.5 Å². The number of benzene rings is 2. The van der Waals surface area contributed by atoms with Gasteiger partial charge in [0.2, 0.25) is 0 Å². The van der Waals surface area contributed by atoms with Crippen LogP contribution in [0.1, 0.15) is 0 Å². The summed E-state index contributed by atoms with van der Waals surface area (Å²) >= 11 is 5.89. The molecule has 0 aliphatic carbocycles. The van der Waals surface area contributed by atoms with Gasteiger partial charge in [0.05, 0.1) is 0 Å². The van der Waals surface area contributed by atoms with Crippen molar-refractivity contribution in [1.29, 1.82) is 0 Å². The Morgan fingerprint density at radius 1 is 1.07 bits per heavy atom. The molecule has 2 nitrogen and oxygen atoms in total. The molecule has 2 aromatic carbocycles. The molecule has 0 saturated carbocycles. The smallest absolute Gasteiger partial charge is 0.188 e. The van der Waals surface area contributed by atoms with Crippen molar-refractivity contribution in [3.8, 4) is 5.75 Å². The van der Waals surface area contributed by atoms with Crippen LogP contribution in [0.5, 0.6) is 5.75 Å². The minimum Gasteiger partial charge on any atom is -0.468 e. The Morgan fingerprint density at radius 2 is 1.80 bits per heavy atom. The van der Waals surface area contributed by atoms with Gasteiger partial charge in [-0.2, -0.15) is 0 Å². The van der Waals surface area contributed by atoms with Crippen LogP contribution in [0.3, 0.4) is 0 Å². The fraction of sp³-hybridized carbons (Fsp3) is 0.167. The number of rotatable bonds is 3. The highest BCUT2D eigenvalue weighted by molar-refractivity contribution is 6.31. The molecule has 3 heteroatoms. The Balaban J connectivity index is 2.34. The Kier molecular flexibility index (Phi) is 3.09. The third kappa shape index (κ3) is 2.41. The van der Waals surface area contributed by atoms with E-state index in [2.05, 4.69) is 0 Å². The molecule has 0 fully saturated rings. The maximum absolute atomic E-state index is 5.89. The van der Waals surface area contributed by atoms with E-state index in [0.29, 0.717) is 0 Å². The number of hydrogen-bond donors (Lipinski definition) is 0. The minimum absolute atomic E-state index is 0.263. The highest BCUT2D eigenvalue weighted by Crippen LogP contribution is 2.23. The lowest BCUT2D eigenvalue weighted by Crippen LogP contribution is -1.98. The van der Waals surface area contributed by atoms with E-state index in [1.807, 2.05) is 36.4 Å². The average Bonchev–Trinajstić information content (AvgIpc) is 2.26. The quantitative estimate of drug-likeness (QED) is 0.741. The zero-order valence-electron chi connectivity index (χ0n) is 8.37. The van der Waals surface area contributed by atoms with Crippen LogP contribution in [0.25, 0.3) is 10.8 Å². The zero-order valence-corrected chi connectivity index (χ0v) is 9.12. The number of methoxy groups -OCH3 is 1. The normalized spacial score (nSPS) is 10.5. The van der Waals surface area contributed by atoms with E-state index < -0.39 is 0 Å². The highest BCUT2D eigenvalue weighted by Gasteiger charge is 1.98. The number of fused-ring (bicyclic) bond motifs is 1. The van der Waals surface area contributed by atoms with Gasteiger partial charge in [-0.15, -0.1) is 0 Å². The van der Waals surface area contributed by atoms with Crippen LogP contribution in [0, 0.1) is 0 Å². The topological polar surface area (TPSA) is 18.5 Å². The van der Waals surface area contributed by atoms with Crippen molar-refractivity contribution in [3.05, 3.63) is 41.4 Å².